The van der Waals surface area contributed by atoms with Crippen molar-refractivity contribution in [2.45, 2.75) is 20.4 Å². The average molecular weight is 498 g/mol. The third kappa shape index (κ3) is 4.08. The van der Waals surface area contributed by atoms with Gasteiger partial charge < -0.3 is 19.5 Å². The molecule has 0 aliphatic rings. The van der Waals surface area contributed by atoms with Crippen molar-refractivity contribution in [3.8, 4) is 28.6 Å². The van der Waals surface area contributed by atoms with Crippen LogP contribution in [0.25, 0.3) is 16.9 Å². The molecule has 0 saturated carbocycles. The second kappa shape index (κ2) is 9.04. The fraction of sp³-hybridized carbons (Fsp3) is 0.261. The van der Waals surface area contributed by atoms with Crippen LogP contribution in [0.4, 0.5) is 5.82 Å². The zero-order valence-corrected chi connectivity index (χ0v) is 20.1. The zero-order valence-electron chi connectivity index (χ0n) is 18.6. The Kier molecular flexibility index (Phi) is 6.18. The van der Waals surface area contributed by atoms with E-state index in [0.717, 1.165) is 32.6 Å². The predicted octanol–water partition coefficient (Wildman–Crippen LogP) is 4.81. The highest BCUT2D eigenvalue weighted by atomic mass is 79.9. The summed E-state index contributed by atoms with van der Waals surface area (Å²) in [5, 5.41) is 8.17. The Hall–Kier alpha value is -3.33. The van der Waals surface area contributed by atoms with Gasteiger partial charge in [0.25, 0.3) is 0 Å². The molecule has 0 amide bonds. The quantitative estimate of drug-likeness (QED) is 0.392. The molecule has 0 bridgehead atoms. The maximum Gasteiger partial charge on any atom is 0.203 e. The summed E-state index contributed by atoms with van der Waals surface area (Å²) in [4.78, 5) is 9.41. The Labute approximate surface area is 194 Å². The number of ether oxygens (including phenoxy) is 3. The van der Waals surface area contributed by atoms with Crippen LogP contribution >= 0.6 is 15.9 Å². The van der Waals surface area contributed by atoms with Crippen LogP contribution in [0.15, 0.2) is 40.9 Å². The lowest BCUT2D eigenvalue weighted by atomic mass is 10.1. The summed E-state index contributed by atoms with van der Waals surface area (Å²) in [6, 6.07) is 11.7. The van der Waals surface area contributed by atoms with Crippen molar-refractivity contribution in [1.29, 1.82) is 0 Å². The van der Waals surface area contributed by atoms with E-state index in [1.807, 2.05) is 54.8 Å². The fourth-order valence-corrected chi connectivity index (χ4v) is 3.86. The molecule has 166 valence electrons. The van der Waals surface area contributed by atoms with Crippen LogP contribution < -0.4 is 19.5 Å². The molecule has 0 atom stereocenters. The van der Waals surface area contributed by atoms with E-state index in [9.17, 15) is 0 Å². The number of aryl methyl sites for hydroxylation is 2. The molecule has 0 fully saturated rings. The van der Waals surface area contributed by atoms with Crippen molar-refractivity contribution < 1.29 is 14.2 Å². The van der Waals surface area contributed by atoms with Gasteiger partial charge >= 0.3 is 0 Å². The van der Waals surface area contributed by atoms with Crippen LogP contribution in [-0.2, 0) is 6.54 Å². The lowest BCUT2D eigenvalue weighted by Crippen LogP contribution is -2.08. The van der Waals surface area contributed by atoms with Crippen LogP contribution in [0.5, 0.6) is 17.2 Å². The summed E-state index contributed by atoms with van der Waals surface area (Å²) < 4.78 is 19.2. The van der Waals surface area contributed by atoms with Gasteiger partial charge in [0.15, 0.2) is 23.1 Å². The van der Waals surface area contributed by atoms with Gasteiger partial charge in [-0.25, -0.2) is 14.5 Å². The molecule has 0 unspecified atom stereocenters. The minimum atomic E-state index is 0.493. The second-order valence-electron chi connectivity index (χ2n) is 7.18. The average Bonchev–Trinajstić information content (AvgIpc) is 3.10. The highest BCUT2D eigenvalue weighted by Crippen LogP contribution is 2.38. The fourth-order valence-electron chi connectivity index (χ4n) is 3.60. The first-order valence-corrected chi connectivity index (χ1v) is 10.8. The summed E-state index contributed by atoms with van der Waals surface area (Å²) in [5.41, 5.74) is 3.57. The number of anilines is 1. The van der Waals surface area contributed by atoms with E-state index in [4.69, 9.17) is 24.3 Å². The minimum absolute atomic E-state index is 0.493. The van der Waals surface area contributed by atoms with Crippen molar-refractivity contribution in [3.05, 3.63) is 58.0 Å². The van der Waals surface area contributed by atoms with Crippen LogP contribution in [0, 0.1) is 13.8 Å². The minimum Gasteiger partial charge on any atom is -0.493 e. The first-order chi connectivity index (χ1) is 15.4. The van der Waals surface area contributed by atoms with Gasteiger partial charge in [-0.05, 0) is 43.7 Å². The van der Waals surface area contributed by atoms with Crippen molar-refractivity contribution >= 4 is 27.3 Å². The maximum atomic E-state index is 5.47. The number of methoxy groups -OCH3 is 3. The largest absolute Gasteiger partial charge is 0.493 e. The molecule has 9 heteroatoms. The zero-order chi connectivity index (χ0) is 22.8. The number of rotatable bonds is 7. The number of fused-ring (bicyclic) bond motifs is 1. The van der Waals surface area contributed by atoms with E-state index >= 15 is 0 Å². The normalized spacial score (nSPS) is 10.9. The number of hydrogen-bond acceptors (Lipinski definition) is 7. The van der Waals surface area contributed by atoms with E-state index in [1.54, 1.807) is 21.3 Å². The number of halogens is 1. The predicted molar refractivity (Wildman–Crippen MR) is 127 cm³/mol. The highest BCUT2D eigenvalue weighted by molar-refractivity contribution is 9.10. The number of nitrogens with one attached hydrogen (secondary N) is 1. The third-order valence-electron chi connectivity index (χ3n) is 5.11. The molecule has 2 aromatic carbocycles. The molecule has 0 aliphatic heterocycles. The van der Waals surface area contributed by atoms with Gasteiger partial charge in [0, 0.05) is 16.6 Å². The molecule has 8 nitrogen and oxygen atoms in total. The first-order valence-electron chi connectivity index (χ1n) is 9.97. The molecule has 4 aromatic rings. The number of imidazole rings is 1. The lowest BCUT2D eigenvalue weighted by molar-refractivity contribution is 0.324. The third-order valence-corrected chi connectivity index (χ3v) is 5.64. The second-order valence-corrected chi connectivity index (χ2v) is 8.10. The van der Waals surface area contributed by atoms with Gasteiger partial charge in [0.1, 0.15) is 11.3 Å². The van der Waals surface area contributed by atoms with E-state index in [1.165, 1.54) is 0 Å². The number of hydrogen-bond donors (Lipinski definition) is 1. The van der Waals surface area contributed by atoms with Gasteiger partial charge in [0.2, 0.25) is 5.75 Å². The van der Waals surface area contributed by atoms with E-state index < -0.39 is 0 Å². The molecule has 2 aromatic heterocycles. The number of aromatic nitrogens is 4. The van der Waals surface area contributed by atoms with E-state index in [2.05, 4.69) is 26.2 Å². The lowest BCUT2D eigenvalue weighted by Gasteiger charge is -2.15. The van der Waals surface area contributed by atoms with Gasteiger partial charge in [-0.15, -0.1) is 5.10 Å². The Balaban J connectivity index is 1.75. The molecule has 2 heterocycles. The molecule has 0 saturated heterocycles. The SMILES string of the molecule is COc1cc(CNc2nc(-c3ccc(Br)cc3)nn3c(C)nc(C)c23)cc(OC)c1OC. The standard InChI is InChI=1S/C23H24BrN5O3/c1-13-20-23(25-12-15-10-18(30-3)21(32-5)19(11-15)31-4)27-22(28-29(20)14(2)26-13)16-6-8-17(24)9-7-16/h6-11H,12H2,1-5H3,(H,25,27,28). The summed E-state index contributed by atoms with van der Waals surface area (Å²) in [7, 11) is 4.79. The molecule has 4 rings (SSSR count). The molecule has 0 spiro atoms. The van der Waals surface area contributed by atoms with Crippen LogP contribution in [0.2, 0.25) is 0 Å². The molecular formula is C23H24BrN5O3. The van der Waals surface area contributed by atoms with Crippen LogP contribution in [0.1, 0.15) is 17.1 Å². The Morgan fingerprint density at radius 2 is 1.59 bits per heavy atom. The molecule has 0 aliphatic carbocycles. The summed E-state index contributed by atoms with van der Waals surface area (Å²) in [6.45, 7) is 4.38. The summed E-state index contributed by atoms with van der Waals surface area (Å²) >= 11 is 3.47. The van der Waals surface area contributed by atoms with Crippen LogP contribution in [0.3, 0.4) is 0 Å². The maximum absolute atomic E-state index is 5.47. The van der Waals surface area contributed by atoms with Gasteiger partial charge in [-0.2, -0.15) is 0 Å². The smallest absolute Gasteiger partial charge is 0.203 e. The summed E-state index contributed by atoms with van der Waals surface area (Å²) in [6.07, 6.45) is 0. The Morgan fingerprint density at radius 3 is 2.19 bits per heavy atom. The number of nitrogens with zero attached hydrogens (tertiary/aromatic N) is 4. The highest BCUT2D eigenvalue weighted by Gasteiger charge is 2.17. The monoisotopic (exact) mass is 497 g/mol. The van der Waals surface area contributed by atoms with Crippen molar-refractivity contribution in [2.75, 3.05) is 26.6 Å². The van der Waals surface area contributed by atoms with Gasteiger partial charge in [0.05, 0.1) is 27.0 Å². The topological polar surface area (TPSA) is 82.8 Å². The van der Waals surface area contributed by atoms with Crippen molar-refractivity contribution in [3.63, 3.8) is 0 Å². The van der Waals surface area contributed by atoms with Gasteiger partial charge in [-0.1, -0.05) is 28.1 Å². The Morgan fingerprint density at radius 1 is 0.938 bits per heavy atom. The molecular weight excluding hydrogens is 474 g/mol. The van der Waals surface area contributed by atoms with E-state index in [-0.39, 0.29) is 0 Å². The van der Waals surface area contributed by atoms with Crippen molar-refractivity contribution in [2.24, 2.45) is 0 Å². The van der Waals surface area contributed by atoms with Crippen LogP contribution in [-0.4, -0.2) is 40.9 Å². The number of benzene rings is 2. The molecule has 0 radical (unpaired) electrons. The summed E-state index contributed by atoms with van der Waals surface area (Å²) in [5.74, 6) is 3.87. The Bertz CT molecular complexity index is 1250. The van der Waals surface area contributed by atoms with Gasteiger partial charge in [-0.3, -0.25) is 0 Å². The molecule has 1 N–H and O–H groups in total. The van der Waals surface area contributed by atoms with E-state index in [0.29, 0.717) is 35.4 Å². The van der Waals surface area contributed by atoms with Crippen molar-refractivity contribution in [1.82, 2.24) is 19.6 Å². The molecule has 32 heavy (non-hydrogen) atoms. The first kappa shape index (κ1) is 21.9.